The second-order valence-corrected chi connectivity index (χ2v) is 5.96. The molecule has 0 radical (unpaired) electrons. The Morgan fingerprint density at radius 1 is 1.12 bits per heavy atom. The lowest BCUT2D eigenvalue weighted by atomic mass is 10.1. The molecular formula is C20H23N3O2. The second kappa shape index (κ2) is 8.44. The molecule has 0 saturated carbocycles. The van der Waals surface area contributed by atoms with Crippen LogP contribution >= 0.6 is 0 Å². The maximum absolute atomic E-state index is 12.3. The summed E-state index contributed by atoms with van der Waals surface area (Å²) in [6.07, 6.45) is 1.51. The number of hydrogen-bond acceptors (Lipinski definition) is 3. The second-order valence-electron chi connectivity index (χ2n) is 5.96. The third-order valence-electron chi connectivity index (χ3n) is 4.09. The van der Waals surface area contributed by atoms with Gasteiger partial charge in [0.05, 0.1) is 11.0 Å². The van der Waals surface area contributed by atoms with E-state index in [4.69, 9.17) is 9.72 Å². The molecule has 2 aromatic carbocycles. The van der Waals surface area contributed by atoms with Crippen LogP contribution in [-0.2, 0) is 22.5 Å². The number of imidazole rings is 1. The highest BCUT2D eigenvalue weighted by molar-refractivity contribution is 5.81. The average molecular weight is 337 g/mol. The maximum atomic E-state index is 12.3. The molecule has 1 aromatic heterocycles. The highest BCUT2D eigenvalue weighted by Crippen LogP contribution is 2.18. The fourth-order valence-corrected chi connectivity index (χ4v) is 2.86. The van der Waals surface area contributed by atoms with E-state index in [0.29, 0.717) is 19.6 Å². The SMILES string of the molecule is COCCCNC(=O)Cn1c(Cc2ccccc2)nc2ccccc21. The number of methoxy groups -OCH3 is 1. The third kappa shape index (κ3) is 4.45. The summed E-state index contributed by atoms with van der Waals surface area (Å²) < 4.78 is 7.01. The van der Waals surface area contributed by atoms with Crippen LogP contribution < -0.4 is 5.32 Å². The number of aromatic nitrogens is 2. The van der Waals surface area contributed by atoms with Gasteiger partial charge in [0.15, 0.2) is 0 Å². The summed E-state index contributed by atoms with van der Waals surface area (Å²) in [6, 6.07) is 18.1. The molecule has 0 bridgehead atoms. The molecule has 3 rings (SSSR count). The number of carbonyl (C=O) groups excluding carboxylic acids is 1. The zero-order valence-corrected chi connectivity index (χ0v) is 14.4. The summed E-state index contributed by atoms with van der Waals surface area (Å²) in [5.41, 5.74) is 3.08. The first-order valence-corrected chi connectivity index (χ1v) is 8.51. The Hall–Kier alpha value is -2.66. The van der Waals surface area contributed by atoms with Crippen molar-refractivity contribution in [2.75, 3.05) is 20.3 Å². The molecule has 0 atom stereocenters. The largest absolute Gasteiger partial charge is 0.385 e. The normalized spacial score (nSPS) is 10.9. The fourth-order valence-electron chi connectivity index (χ4n) is 2.86. The van der Waals surface area contributed by atoms with Crippen LogP contribution in [0, 0.1) is 0 Å². The average Bonchev–Trinajstić information content (AvgIpc) is 2.97. The number of carbonyl (C=O) groups is 1. The van der Waals surface area contributed by atoms with Gasteiger partial charge in [-0.05, 0) is 24.1 Å². The summed E-state index contributed by atoms with van der Waals surface area (Å²) in [5.74, 6) is 0.896. The van der Waals surface area contributed by atoms with Crippen LogP contribution in [0.25, 0.3) is 11.0 Å². The minimum absolute atomic E-state index is 0.00596. The van der Waals surface area contributed by atoms with Crippen LogP contribution in [-0.4, -0.2) is 35.7 Å². The lowest BCUT2D eigenvalue weighted by Gasteiger charge is -2.10. The molecule has 25 heavy (non-hydrogen) atoms. The molecule has 0 aliphatic heterocycles. The summed E-state index contributed by atoms with van der Waals surface area (Å²) in [5, 5.41) is 2.94. The molecule has 0 unspecified atom stereocenters. The number of amides is 1. The Bertz CT molecular complexity index is 827. The van der Waals surface area contributed by atoms with Crippen molar-refractivity contribution in [1.82, 2.24) is 14.9 Å². The highest BCUT2D eigenvalue weighted by atomic mass is 16.5. The molecule has 1 N–H and O–H groups in total. The quantitative estimate of drug-likeness (QED) is 0.643. The van der Waals surface area contributed by atoms with Crippen LogP contribution in [0.2, 0.25) is 0 Å². The lowest BCUT2D eigenvalue weighted by Crippen LogP contribution is -2.29. The summed E-state index contributed by atoms with van der Waals surface area (Å²) in [7, 11) is 1.66. The summed E-state index contributed by atoms with van der Waals surface area (Å²) >= 11 is 0. The molecule has 0 saturated heterocycles. The van der Waals surface area contributed by atoms with Crippen molar-refractivity contribution in [3.8, 4) is 0 Å². The highest BCUT2D eigenvalue weighted by Gasteiger charge is 2.13. The molecule has 0 aliphatic rings. The van der Waals surface area contributed by atoms with Crippen molar-refractivity contribution in [2.45, 2.75) is 19.4 Å². The van der Waals surface area contributed by atoms with Gasteiger partial charge in [0.25, 0.3) is 0 Å². The number of para-hydroxylation sites is 2. The van der Waals surface area contributed by atoms with E-state index in [1.807, 2.05) is 47.0 Å². The van der Waals surface area contributed by atoms with Crippen LogP contribution in [0.3, 0.4) is 0 Å². The monoisotopic (exact) mass is 337 g/mol. The smallest absolute Gasteiger partial charge is 0.240 e. The van der Waals surface area contributed by atoms with Gasteiger partial charge in [-0.2, -0.15) is 0 Å². The molecule has 5 nitrogen and oxygen atoms in total. The van der Waals surface area contributed by atoms with Gasteiger partial charge in [0.1, 0.15) is 12.4 Å². The van der Waals surface area contributed by atoms with Gasteiger partial charge < -0.3 is 14.6 Å². The Labute approximate surface area is 147 Å². The molecule has 0 aliphatic carbocycles. The molecule has 5 heteroatoms. The first-order chi connectivity index (χ1) is 12.3. The number of nitrogens with zero attached hydrogens (tertiary/aromatic N) is 2. The van der Waals surface area contributed by atoms with E-state index in [1.165, 1.54) is 5.56 Å². The minimum atomic E-state index is -0.00596. The Kier molecular flexibility index (Phi) is 5.80. The Balaban J connectivity index is 1.79. The molecule has 0 spiro atoms. The Morgan fingerprint density at radius 3 is 2.68 bits per heavy atom. The van der Waals surface area contributed by atoms with Crippen molar-refractivity contribution in [3.63, 3.8) is 0 Å². The zero-order chi connectivity index (χ0) is 17.5. The molecule has 1 amide bonds. The van der Waals surface area contributed by atoms with E-state index in [0.717, 1.165) is 23.3 Å². The van der Waals surface area contributed by atoms with Crippen LogP contribution in [0.15, 0.2) is 54.6 Å². The molecule has 0 fully saturated rings. The third-order valence-corrected chi connectivity index (χ3v) is 4.09. The predicted octanol–water partition coefficient (Wildman–Crippen LogP) is 2.78. The summed E-state index contributed by atoms with van der Waals surface area (Å²) in [4.78, 5) is 17.1. The zero-order valence-electron chi connectivity index (χ0n) is 14.4. The van der Waals surface area contributed by atoms with Crippen molar-refractivity contribution in [1.29, 1.82) is 0 Å². The van der Waals surface area contributed by atoms with E-state index < -0.39 is 0 Å². The van der Waals surface area contributed by atoms with Gasteiger partial charge in [-0.1, -0.05) is 42.5 Å². The maximum Gasteiger partial charge on any atom is 0.240 e. The van der Waals surface area contributed by atoms with Crippen LogP contribution in [0.5, 0.6) is 0 Å². The van der Waals surface area contributed by atoms with Crippen molar-refractivity contribution < 1.29 is 9.53 Å². The Morgan fingerprint density at radius 2 is 1.88 bits per heavy atom. The molecule has 130 valence electrons. The van der Waals surface area contributed by atoms with Gasteiger partial charge in [-0.3, -0.25) is 4.79 Å². The van der Waals surface area contributed by atoms with Crippen LogP contribution in [0.1, 0.15) is 17.8 Å². The first-order valence-electron chi connectivity index (χ1n) is 8.51. The number of nitrogens with one attached hydrogen (secondary N) is 1. The van der Waals surface area contributed by atoms with E-state index in [-0.39, 0.29) is 12.5 Å². The lowest BCUT2D eigenvalue weighted by molar-refractivity contribution is -0.121. The number of rotatable bonds is 8. The molecule has 3 aromatic rings. The molecular weight excluding hydrogens is 314 g/mol. The van der Waals surface area contributed by atoms with Gasteiger partial charge in [0.2, 0.25) is 5.91 Å². The van der Waals surface area contributed by atoms with Gasteiger partial charge in [0, 0.05) is 26.7 Å². The standard InChI is InChI=1S/C20H23N3O2/c1-25-13-7-12-21-20(24)15-23-18-11-6-5-10-17(18)22-19(23)14-16-8-3-2-4-9-16/h2-6,8-11H,7,12-15H2,1H3,(H,21,24). The number of hydrogen-bond donors (Lipinski definition) is 1. The van der Waals surface area contributed by atoms with Crippen molar-refractivity contribution in [2.24, 2.45) is 0 Å². The van der Waals surface area contributed by atoms with E-state index in [2.05, 4.69) is 17.4 Å². The van der Waals surface area contributed by atoms with Crippen molar-refractivity contribution in [3.05, 3.63) is 66.0 Å². The van der Waals surface area contributed by atoms with E-state index in [9.17, 15) is 4.79 Å². The van der Waals surface area contributed by atoms with Gasteiger partial charge in [-0.15, -0.1) is 0 Å². The number of ether oxygens (including phenoxy) is 1. The summed E-state index contributed by atoms with van der Waals surface area (Å²) in [6.45, 7) is 1.54. The minimum Gasteiger partial charge on any atom is -0.385 e. The van der Waals surface area contributed by atoms with Gasteiger partial charge in [-0.25, -0.2) is 4.98 Å². The van der Waals surface area contributed by atoms with Crippen molar-refractivity contribution >= 4 is 16.9 Å². The fraction of sp³-hybridized carbons (Fsp3) is 0.300. The molecule has 1 heterocycles. The van der Waals surface area contributed by atoms with Crippen LogP contribution in [0.4, 0.5) is 0 Å². The first kappa shape index (κ1) is 17.2. The number of fused-ring (bicyclic) bond motifs is 1. The van der Waals surface area contributed by atoms with E-state index >= 15 is 0 Å². The van der Waals surface area contributed by atoms with E-state index in [1.54, 1.807) is 7.11 Å². The predicted molar refractivity (Wildman–Crippen MR) is 98.5 cm³/mol. The van der Waals surface area contributed by atoms with Gasteiger partial charge >= 0.3 is 0 Å². The number of benzene rings is 2. The topological polar surface area (TPSA) is 56.1 Å².